The van der Waals surface area contributed by atoms with Gasteiger partial charge in [-0.3, -0.25) is 0 Å². The van der Waals surface area contributed by atoms with Gasteiger partial charge in [0.15, 0.2) is 0 Å². The van der Waals surface area contributed by atoms with Crippen molar-refractivity contribution < 1.29 is 23.4 Å². The molecule has 0 aromatic heterocycles. The van der Waals surface area contributed by atoms with Crippen LogP contribution in [0.1, 0.15) is 19.8 Å². The maximum atomic E-state index is 12.2. The molecule has 1 heterocycles. The molecule has 0 aromatic rings. The number of hydrogen-bond acceptors (Lipinski definition) is 3. The highest BCUT2D eigenvalue weighted by Crippen LogP contribution is 2.24. The van der Waals surface area contributed by atoms with E-state index in [9.17, 15) is 18.7 Å². The Morgan fingerprint density at radius 2 is 2.06 bits per heavy atom. The van der Waals surface area contributed by atoms with Crippen LogP contribution in [0, 0.1) is 5.92 Å². The number of alkyl halides is 2. The number of piperidine rings is 1. The van der Waals surface area contributed by atoms with Crippen LogP contribution < -0.4 is 0 Å². The van der Waals surface area contributed by atoms with Crippen molar-refractivity contribution in [3.63, 3.8) is 0 Å². The van der Waals surface area contributed by atoms with Gasteiger partial charge in [0.1, 0.15) is 6.10 Å². The van der Waals surface area contributed by atoms with Gasteiger partial charge in [-0.1, -0.05) is 0 Å². The summed E-state index contributed by atoms with van der Waals surface area (Å²) >= 11 is 0. The quantitative estimate of drug-likeness (QED) is 0.808. The Balaban J connectivity index is 2.36. The Bertz CT molecular complexity index is 230. The average molecular weight is 237 g/mol. The van der Waals surface area contributed by atoms with Gasteiger partial charge in [0, 0.05) is 13.1 Å². The number of hydrogen-bond donors (Lipinski definition) is 1. The van der Waals surface area contributed by atoms with Crippen LogP contribution in [0.5, 0.6) is 0 Å². The van der Waals surface area contributed by atoms with Crippen LogP contribution in [0.4, 0.5) is 13.6 Å². The van der Waals surface area contributed by atoms with E-state index in [4.69, 9.17) is 4.74 Å². The molecule has 94 valence electrons. The maximum absolute atomic E-state index is 12.2. The van der Waals surface area contributed by atoms with E-state index in [1.807, 2.05) is 0 Å². The van der Waals surface area contributed by atoms with Gasteiger partial charge in [-0.2, -0.15) is 0 Å². The molecule has 1 aliphatic heterocycles. The van der Waals surface area contributed by atoms with Crippen LogP contribution in [0.3, 0.4) is 0 Å². The van der Waals surface area contributed by atoms with Crippen LogP contribution in [0.15, 0.2) is 0 Å². The highest BCUT2D eigenvalue weighted by Gasteiger charge is 2.32. The second-order valence-electron chi connectivity index (χ2n) is 3.85. The molecule has 1 rings (SSSR count). The number of aliphatic hydroxyl groups is 1. The molecule has 0 aliphatic carbocycles. The fraction of sp³-hybridized carbons (Fsp3) is 0.900. The highest BCUT2D eigenvalue weighted by atomic mass is 19.3. The Kier molecular flexibility index (Phi) is 4.92. The third kappa shape index (κ3) is 3.30. The third-order valence-electron chi connectivity index (χ3n) is 2.81. The van der Waals surface area contributed by atoms with Crippen molar-refractivity contribution in [2.24, 2.45) is 5.92 Å². The first-order chi connectivity index (χ1) is 7.56. The molecule has 1 saturated heterocycles. The lowest BCUT2D eigenvalue weighted by molar-refractivity contribution is -0.0525. The number of carbonyl (C=O) groups is 1. The van der Waals surface area contributed by atoms with Gasteiger partial charge in [0.2, 0.25) is 0 Å². The predicted molar refractivity (Wildman–Crippen MR) is 53.3 cm³/mol. The Labute approximate surface area is 93.2 Å². The smallest absolute Gasteiger partial charge is 0.409 e. The van der Waals surface area contributed by atoms with E-state index in [0.717, 1.165) is 0 Å². The Hall–Kier alpha value is -0.910. The summed E-state index contributed by atoms with van der Waals surface area (Å²) in [4.78, 5) is 12.8. The van der Waals surface area contributed by atoms with E-state index >= 15 is 0 Å². The summed E-state index contributed by atoms with van der Waals surface area (Å²) < 4.78 is 29.3. The highest BCUT2D eigenvalue weighted by molar-refractivity contribution is 5.67. The van der Waals surface area contributed by atoms with Crippen LogP contribution in [-0.2, 0) is 4.74 Å². The van der Waals surface area contributed by atoms with Crippen molar-refractivity contribution in [2.75, 3.05) is 19.7 Å². The second-order valence-corrected chi connectivity index (χ2v) is 3.85. The zero-order valence-corrected chi connectivity index (χ0v) is 9.23. The summed E-state index contributed by atoms with van der Waals surface area (Å²) in [7, 11) is 0. The molecule has 4 nitrogen and oxygen atoms in total. The molecule has 0 radical (unpaired) electrons. The van der Waals surface area contributed by atoms with Crippen molar-refractivity contribution in [3.05, 3.63) is 0 Å². The monoisotopic (exact) mass is 237 g/mol. The summed E-state index contributed by atoms with van der Waals surface area (Å²) in [6, 6.07) is 0. The normalized spacial score (nSPS) is 19.9. The molecule has 0 bridgehead atoms. The molecular formula is C10H17F2NO3. The molecule has 1 amide bonds. The molecule has 0 aromatic carbocycles. The van der Waals surface area contributed by atoms with Crippen LogP contribution in [0.2, 0.25) is 0 Å². The van der Waals surface area contributed by atoms with Gasteiger partial charge in [-0.05, 0) is 25.7 Å². The van der Waals surface area contributed by atoms with E-state index < -0.39 is 24.5 Å². The Morgan fingerprint density at radius 1 is 1.50 bits per heavy atom. The standard InChI is InChI=1S/C10H17F2NO3/c1-2-16-10(15)13-5-3-7(4-6-13)8(14)9(11)12/h7-9,14H,2-6H2,1H3. The van der Waals surface area contributed by atoms with Crippen molar-refractivity contribution in [1.82, 2.24) is 4.90 Å². The molecule has 1 unspecified atom stereocenters. The summed E-state index contributed by atoms with van der Waals surface area (Å²) in [5.74, 6) is -0.425. The van der Waals surface area contributed by atoms with Gasteiger partial charge in [-0.15, -0.1) is 0 Å². The van der Waals surface area contributed by atoms with Gasteiger partial charge < -0.3 is 14.7 Å². The summed E-state index contributed by atoms with van der Waals surface area (Å²) in [6.45, 7) is 2.75. The molecule has 0 saturated carbocycles. The molecule has 1 aliphatic rings. The van der Waals surface area contributed by atoms with Gasteiger partial charge in [-0.25, -0.2) is 13.6 Å². The van der Waals surface area contributed by atoms with Crippen molar-refractivity contribution in [1.29, 1.82) is 0 Å². The zero-order chi connectivity index (χ0) is 12.1. The molecule has 1 N–H and O–H groups in total. The van der Waals surface area contributed by atoms with E-state index in [0.29, 0.717) is 32.5 Å². The summed E-state index contributed by atoms with van der Waals surface area (Å²) in [5.41, 5.74) is 0. The number of halogens is 2. The zero-order valence-electron chi connectivity index (χ0n) is 9.23. The van der Waals surface area contributed by atoms with Crippen molar-refractivity contribution in [2.45, 2.75) is 32.3 Å². The lowest BCUT2D eigenvalue weighted by Crippen LogP contribution is -2.43. The summed E-state index contributed by atoms with van der Waals surface area (Å²) in [5, 5.41) is 9.19. The molecule has 16 heavy (non-hydrogen) atoms. The summed E-state index contributed by atoms with van der Waals surface area (Å²) in [6.07, 6.45) is -3.91. The van der Waals surface area contributed by atoms with Gasteiger partial charge in [0.05, 0.1) is 6.61 Å². The number of likely N-dealkylation sites (tertiary alicyclic amines) is 1. The molecule has 1 fully saturated rings. The SMILES string of the molecule is CCOC(=O)N1CCC(C(O)C(F)F)CC1. The van der Waals surface area contributed by atoms with E-state index in [1.54, 1.807) is 6.92 Å². The number of carbonyl (C=O) groups excluding carboxylic acids is 1. The minimum atomic E-state index is -2.71. The number of amides is 1. The number of rotatable bonds is 3. The van der Waals surface area contributed by atoms with Crippen LogP contribution in [-0.4, -0.2) is 48.3 Å². The lowest BCUT2D eigenvalue weighted by Gasteiger charge is -2.33. The number of ether oxygens (including phenoxy) is 1. The van der Waals surface area contributed by atoms with Crippen LogP contribution >= 0.6 is 0 Å². The number of nitrogens with zero attached hydrogens (tertiary/aromatic N) is 1. The van der Waals surface area contributed by atoms with E-state index in [1.165, 1.54) is 4.90 Å². The predicted octanol–water partition coefficient (Wildman–Crippen LogP) is 1.48. The molecular weight excluding hydrogens is 220 g/mol. The second kappa shape index (κ2) is 5.98. The topological polar surface area (TPSA) is 49.8 Å². The third-order valence-corrected chi connectivity index (χ3v) is 2.81. The molecule has 1 atom stereocenters. The first kappa shape index (κ1) is 13.2. The van der Waals surface area contributed by atoms with Crippen LogP contribution in [0.25, 0.3) is 0 Å². The maximum Gasteiger partial charge on any atom is 0.409 e. The van der Waals surface area contributed by atoms with Gasteiger partial charge >= 0.3 is 6.09 Å². The van der Waals surface area contributed by atoms with Crippen molar-refractivity contribution >= 4 is 6.09 Å². The average Bonchev–Trinajstić information content (AvgIpc) is 2.28. The minimum Gasteiger partial charge on any atom is -0.450 e. The van der Waals surface area contributed by atoms with Gasteiger partial charge in [0.25, 0.3) is 6.43 Å². The molecule has 6 heteroatoms. The fourth-order valence-corrected chi connectivity index (χ4v) is 1.84. The largest absolute Gasteiger partial charge is 0.450 e. The van der Waals surface area contributed by atoms with E-state index in [-0.39, 0.29) is 0 Å². The first-order valence-corrected chi connectivity index (χ1v) is 5.44. The first-order valence-electron chi connectivity index (χ1n) is 5.44. The van der Waals surface area contributed by atoms with Crippen molar-refractivity contribution in [3.8, 4) is 0 Å². The van der Waals surface area contributed by atoms with E-state index in [2.05, 4.69) is 0 Å². The lowest BCUT2D eigenvalue weighted by atomic mass is 9.91. The Morgan fingerprint density at radius 3 is 2.50 bits per heavy atom. The number of aliphatic hydroxyl groups excluding tert-OH is 1. The fourth-order valence-electron chi connectivity index (χ4n) is 1.84. The minimum absolute atomic E-state index is 0.304. The molecule has 0 spiro atoms.